The lowest BCUT2D eigenvalue weighted by molar-refractivity contribution is -0.122. The molecule has 1 aromatic carbocycles. The van der Waals surface area contributed by atoms with Crippen molar-refractivity contribution in [1.82, 2.24) is 10.6 Å². The van der Waals surface area contributed by atoms with E-state index >= 15 is 0 Å². The first-order chi connectivity index (χ1) is 11.4. The summed E-state index contributed by atoms with van der Waals surface area (Å²) in [7, 11) is 3.01. The van der Waals surface area contributed by atoms with Gasteiger partial charge in [-0.05, 0) is 31.0 Å². The highest BCUT2D eigenvalue weighted by molar-refractivity contribution is 5.95. The van der Waals surface area contributed by atoms with E-state index in [0.29, 0.717) is 23.6 Å². The number of carbonyl (C=O) groups excluding carboxylic acids is 2. The summed E-state index contributed by atoms with van der Waals surface area (Å²) in [5.74, 6) is 0.310. The van der Waals surface area contributed by atoms with Crippen molar-refractivity contribution in [2.45, 2.75) is 32.2 Å². The van der Waals surface area contributed by atoms with E-state index in [4.69, 9.17) is 15.2 Å². The minimum Gasteiger partial charge on any atom is -0.493 e. The zero-order valence-corrected chi connectivity index (χ0v) is 14.8. The number of carbonyl (C=O) groups is 2. The summed E-state index contributed by atoms with van der Waals surface area (Å²) in [6, 6.07) is 4.82. The Labute approximate surface area is 142 Å². The number of methoxy groups -OCH3 is 1. The second kappa shape index (κ2) is 9.12. The van der Waals surface area contributed by atoms with Gasteiger partial charge in [-0.1, -0.05) is 13.8 Å². The van der Waals surface area contributed by atoms with E-state index in [1.165, 1.54) is 14.2 Å². The van der Waals surface area contributed by atoms with Crippen molar-refractivity contribution in [3.8, 4) is 11.5 Å². The average molecular weight is 337 g/mol. The molecule has 0 aromatic heterocycles. The molecular formula is C17H27N3O4. The van der Waals surface area contributed by atoms with Crippen LogP contribution in [0, 0.1) is 0 Å². The molecule has 2 amide bonds. The Balaban J connectivity index is 2.93. The highest BCUT2D eigenvalue weighted by Gasteiger charge is 2.27. The van der Waals surface area contributed by atoms with E-state index in [1.807, 2.05) is 13.8 Å². The van der Waals surface area contributed by atoms with Crippen molar-refractivity contribution in [1.29, 1.82) is 0 Å². The van der Waals surface area contributed by atoms with Crippen LogP contribution in [-0.4, -0.2) is 44.7 Å². The fraction of sp³-hybridized carbons (Fsp3) is 0.529. The summed E-state index contributed by atoms with van der Waals surface area (Å²) in [6.45, 7) is 4.23. The minimum atomic E-state index is -0.418. The molecule has 0 heterocycles. The third-order valence-electron chi connectivity index (χ3n) is 4.19. The van der Waals surface area contributed by atoms with Gasteiger partial charge in [0.2, 0.25) is 0 Å². The van der Waals surface area contributed by atoms with Crippen molar-refractivity contribution in [2.24, 2.45) is 5.73 Å². The number of benzene rings is 1. The third-order valence-corrected chi connectivity index (χ3v) is 4.19. The van der Waals surface area contributed by atoms with Crippen LogP contribution in [0.15, 0.2) is 18.2 Å². The number of hydrogen-bond acceptors (Lipinski definition) is 5. The Morgan fingerprint density at radius 2 is 1.88 bits per heavy atom. The van der Waals surface area contributed by atoms with Gasteiger partial charge in [0.25, 0.3) is 11.8 Å². The molecule has 7 heteroatoms. The molecule has 1 rings (SSSR count). The van der Waals surface area contributed by atoms with E-state index in [1.54, 1.807) is 18.2 Å². The van der Waals surface area contributed by atoms with Gasteiger partial charge in [0.15, 0.2) is 18.1 Å². The smallest absolute Gasteiger partial charge is 0.257 e. The van der Waals surface area contributed by atoms with Crippen LogP contribution in [0.4, 0.5) is 0 Å². The number of rotatable bonds is 9. The van der Waals surface area contributed by atoms with E-state index in [0.717, 1.165) is 12.8 Å². The van der Waals surface area contributed by atoms with E-state index in [9.17, 15) is 9.59 Å². The number of amides is 2. The molecule has 0 aliphatic carbocycles. The molecule has 4 N–H and O–H groups in total. The topological polar surface area (TPSA) is 103 Å². The maximum Gasteiger partial charge on any atom is 0.257 e. The van der Waals surface area contributed by atoms with Gasteiger partial charge in [-0.15, -0.1) is 0 Å². The number of likely N-dealkylation sites (N-methyl/N-ethyl adjacent to an activating group) is 1. The fourth-order valence-corrected chi connectivity index (χ4v) is 2.22. The van der Waals surface area contributed by atoms with Crippen molar-refractivity contribution in [3.05, 3.63) is 23.8 Å². The summed E-state index contributed by atoms with van der Waals surface area (Å²) in [6.07, 6.45) is 1.49. The molecule has 0 aliphatic rings. The quantitative estimate of drug-likeness (QED) is 0.625. The Morgan fingerprint density at radius 1 is 1.21 bits per heavy atom. The summed E-state index contributed by atoms with van der Waals surface area (Å²) >= 11 is 0. The van der Waals surface area contributed by atoms with Gasteiger partial charge in [0.05, 0.1) is 12.6 Å². The molecule has 0 atom stereocenters. The van der Waals surface area contributed by atoms with Crippen LogP contribution in [0.1, 0.15) is 37.0 Å². The number of nitrogens with two attached hydrogens (primary N) is 1. The summed E-state index contributed by atoms with van der Waals surface area (Å²) in [5.41, 5.74) is 5.84. The standard InChI is InChI=1S/C17H27N3O4/c1-5-17(6-2,11-18)20-16(22)12-7-8-13(14(9-12)23-4)24-10-15(21)19-3/h7-9H,5-6,10-11,18H2,1-4H3,(H,19,21)(H,20,22). The van der Waals surface area contributed by atoms with Crippen LogP contribution in [0.25, 0.3) is 0 Å². The second-order valence-electron chi connectivity index (χ2n) is 5.47. The first-order valence-electron chi connectivity index (χ1n) is 7.99. The molecule has 0 unspecified atom stereocenters. The van der Waals surface area contributed by atoms with Crippen LogP contribution in [0.2, 0.25) is 0 Å². The fourth-order valence-electron chi connectivity index (χ4n) is 2.22. The molecule has 1 aromatic rings. The first kappa shape index (κ1) is 19.8. The van der Waals surface area contributed by atoms with Crippen LogP contribution in [-0.2, 0) is 4.79 Å². The van der Waals surface area contributed by atoms with Crippen molar-refractivity contribution in [3.63, 3.8) is 0 Å². The van der Waals surface area contributed by atoms with Gasteiger partial charge in [-0.25, -0.2) is 0 Å². The van der Waals surface area contributed by atoms with Gasteiger partial charge in [0.1, 0.15) is 0 Å². The first-order valence-corrected chi connectivity index (χ1v) is 7.99. The lowest BCUT2D eigenvalue weighted by Gasteiger charge is -2.31. The van der Waals surface area contributed by atoms with Gasteiger partial charge in [0, 0.05) is 19.2 Å². The maximum absolute atomic E-state index is 12.5. The van der Waals surface area contributed by atoms with Crippen LogP contribution in [0.3, 0.4) is 0 Å². The van der Waals surface area contributed by atoms with E-state index in [-0.39, 0.29) is 18.4 Å². The van der Waals surface area contributed by atoms with Gasteiger partial charge in [-0.3, -0.25) is 9.59 Å². The van der Waals surface area contributed by atoms with Gasteiger partial charge in [-0.2, -0.15) is 0 Å². The number of ether oxygens (including phenoxy) is 2. The molecule has 134 valence electrons. The lowest BCUT2D eigenvalue weighted by atomic mass is 9.92. The molecule has 0 fully saturated rings. The monoisotopic (exact) mass is 337 g/mol. The third kappa shape index (κ3) is 4.86. The molecule has 0 bridgehead atoms. The highest BCUT2D eigenvalue weighted by atomic mass is 16.5. The zero-order chi connectivity index (χ0) is 18.2. The predicted octanol–water partition coefficient (Wildman–Crippen LogP) is 1.07. The summed E-state index contributed by atoms with van der Waals surface area (Å²) in [5, 5.41) is 5.47. The van der Waals surface area contributed by atoms with Gasteiger partial charge >= 0.3 is 0 Å². The maximum atomic E-state index is 12.5. The molecule has 0 aliphatic heterocycles. The van der Waals surface area contributed by atoms with Gasteiger partial charge < -0.3 is 25.8 Å². The SMILES string of the molecule is CCC(CC)(CN)NC(=O)c1ccc(OCC(=O)NC)c(OC)c1. The Hall–Kier alpha value is -2.28. The summed E-state index contributed by atoms with van der Waals surface area (Å²) < 4.78 is 10.6. The Morgan fingerprint density at radius 3 is 2.38 bits per heavy atom. The molecular weight excluding hydrogens is 310 g/mol. The van der Waals surface area contributed by atoms with Crippen LogP contribution < -0.4 is 25.8 Å². The summed E-state index contributed by atoms with van der Waals surface area (Å²) in [4.78, 5) is 23.8. The van der Waals surface area contributed by atoms with E-state index < -0.39 is 5.54 Å². The highest BCUT2D eigenvalue weighted by Crippen LogP contribution is 2.28. The molecule has 7 nitrogen and oxygen atoms in total. The predicted molar refractivity (Wildman–Crippen MR) is 92.4 cm³/mol. The molecule has 0 saturated heterocycles. The number of hydrogen-bond donors (Lipinski definition) is 3. The molecule has 24 heavy (non-hydrogen) atoms. The van der Waals surface area contributed by atoms with Crippen molar-refractivity contribution >= 4 is 11.8 Å². The normalized spacial score (nSPS) is 10.9. The largest absolute Gasteiger partial charge is 0.493 e. The second-order valence-corrected chi connectivity index (χ2v) is 5.47. The molecule has 0 radical (unpaired) electrons. The van der Waals surface area contributed by atoms with Crippen LogP contribution >= 0.6 is 0 Å². The molecule has 0 spiro atoms. The van der Waals surface area contributed by atoms with E-state index in [2.05, 4.69) is 10.6 Å². The average Bonchev–Trinajstić information content (AvgIpc) is 2.63. The lowest BCUT2D eigenvalue weighted by Crippen LogP contribution is -2.52. The Kier molecular flexibility index (Phi) is 7.51. The zero-order valence-electron chi connectivity index (χ0n) is 14.8. The molecule has 0 saturated carbocycles. The van der Waals surface area contributed by atoms with Crippen molar-refractivity contribution in [2.75, 3.05) is 27.3 Å². The number of nitrogens with one attached hydrogen (secondary N) is 2. The van der Waals surface area contributed by atoms with Crippen molar-refractivity contribution < 1.29 is 19.1 Å². The Bertz CT molecular complexity index is 563. The minimum absolute atomic E-state index is 0.125. The van der Waals surface area contributed by atoms with Crippen LogP contribution in [0.5, 0.6) is 11.5 Å².